The Morgan fingerprint density at radius 1 is 1.53 bits per heavy atom. The summed E-state index contributed by atoms with van der Waals surface area (Å²) < 4.78 is 0. The van der Waals surface area contributed by atoms with Gasteiger partial charge in [-0.05, 0) is 30.9 Å². The first-order chi connectivity index (χ1) is 9.06. The van der Waals surface area contributed by atoms with E-state index in [4.69, 9.17) is 5.11 Å². The third kappa shape index (κ3) is 5.48. The smallest absolute Gasteiger partial charge is 0.328 e. The molecule has 2 N–H and O–H groups in total. The first-order valence-corrected chi connectivity index (χ1v) is 8.08. The van der Waals surface area contributed by atoms with Gasteiger partial charge < -0.3 is 10.4 Å². The molecule has 0 aliphatic carbocycles. The zero-order valence-electron chi connectivity index (χ0n) is 10.9. The summed E-state index contributed by atoms with van der Waals surface area (Å²) in [5.41, 5.74) is 0. The number of nitrogens with one attached hydrogen (secondary N) is 1. The Morgan fingerprint density at radius 2 is 2.26 bits per heavy atom. The van der Waals surface area contributed by atoms with Crippen LogP contribution in [0.4, 0.5) is 0 Å². The van der Waals surface area contributed by atoms with Gasteiger partial charge >= 0.3 is 5.97 Å². The number of carbonyl (C=O) groups is 2. The quantitative estimate of drug-likeness (QED) is 0.760. The number of thioether (sulfide) groups is 1. The second kappa shape index (κ2) is 8.01. The Hall–Kier alpha value is -1.27. The minimum absolute atomic E-state index is 0.0964. The number of rotatable bonds is 7. The predicted octanol–water partition coefficient (Wildman–Crippen LogP) is 2.72. The molecule has 1 aromatic rings. The van der Waals surface area contributed by atoms with Gasteiger partial charge in [-0.1, -0.05) is 6.92 Å². The molecule has 19 heavy (non-hydrogen) atoms. The summed E-state index contributed by atoms with van der Waals surface area (Å²) in [5.74, 6) is -0.203. The molecule has 4 nitrogen and oxygen atoms in total. The van der Waals surface area contributed by atoms with Gasteiger partial charge in [0.25, 0.3) is 5.91 Å². The zero-order valence-corrected chi connectivity index (χ0v) is 12.5. The molecule has 0 bridgehead atoms. The Balaban J connectivity index is 2.65. The molecule has 0 spiro atoms. The molecular formula is C13H17NO3S2. The molecule has 0 aliphatic rings. The number of hydrogen-bond donors (Lipinski definition) is 2. The number of carbonyl (C=O) groups excluding carboxylic acids is 1. The van der Waals surface area contributed by atoms with Crippen molar-refractivity contribution in [3.8, 4) is 0 Å². The van der Waals surface area contributed by atoms with Crippen molar-refractivity contribution in [1.82, 2.24) is 5.32 Å². The third-order valence-electron chi connectivity index (χ3n) is 2.44. The lowest BCUT2D eigenvalue weighted by atomic mass is 10.2. The van der Waals surface area contributed by atoms with Crippen LogP contribution in [0.15, 0.2) is 18.2 Å². The van der Waals surface area contributed by atoms with Crippen LogP contribution in [0.3, 0.4) is 0 Å². The van der Waals surface area contributed by atoms with E-state index in [1.807, 2.05) is 13.2 Å². The molecule has 0 aromatic carbocycles. The van der Waals surface area contributed by atoms with Crippen molar-refractivity contribution in [2.24, 2.45) is 0 Å². The number of hydrogen-bond acceptors (Lipinski definition) is 4. The average Bonchev–Trinajstić information content (AvgIpc) is 2.84. The predicted molar refractivity (Wildman–Crippen MR) is 80.9 cm³/mol. The molecule has 1 unspecified atom stereocenters. The highest BCUT2D eigenvalue weighted by Crippen LogP contribution is 2.18. The standard InChI is InChI=1S/C13H17NO3S2/c1-3-9(8-18-2)14-13(17)11-6-4-10(19-11)5-7-12(15)16/h4-7,9H,3,8H2,1-2H3,(H,14,17)(H,15,16)/b7-5+. The van der Waals surface area contributed by atoms with Crippen molar-refractivity contribution >= 4 is 41.1 Å². The second-order valence-electron chi connectivity index (χ2n) is 3.91. The van der Waals surface area contributed by atoms with Crippen molar-refractivity contribution < 1.29 is 14.7 Å². The van der Waals surface area contributed by atoms with E-state index < -0.39 is 5.97 Å². The van der Waals surface area contributed by atoms with Gasteiger partial charge in [0.15, 0.2) is 0 Å². The van der Waals surface area contributed by atoms with Crippen molar-refractivity contribution in [2.75, 3.05) is 12.0 Å². The highest BCUT2D eigenvalue weighted by atomic mass is 32.2. The van der Waals surface area contributed by atoms with Crippen LogP contribution in [-0.4, -0.2) is 35.0 Å². The summed E-state index contributed by atoms with van der Waals surface area (Å²) in [7, 11) is 0. The topological polar surface area (TPSA) is 66.4 Å². The van der Waals surface area contributed by atoms with E-state index in [9.17, 15) is 9.59 Å². The minimum atomic E-state index is -0.995. The molecule has 0 saturated heterocycles. The lowest BCUT2D eigenvalue weighted by Gasteiger charge is -2.14. The summed E-state index contributed by atoms with van der Waals surface area (Å²) in [5, 5.41) is 11.5. The molecule has 0 fully saturated rings. The van der Waals surface area contributed by atoms with Gasteiger partial charge in [-0.15, -0.1) is 11.3 Å². The molecule has 1 atom stereocenters. The molecule has 6 heteroatoms. The van der Waals surface area contributed by atoms with Crippen LogP contribution in [0.1, 0.15) is 27.9 Å². The van der Waals surface area contributed by atoms with Crippen molar-refractivity contribution in [2.45, 2.75) is 19.4 Å². The molecule has 1 rings (SSSR count). The van der Waals surface area contributed by atoms with Gasteiger partial charge in [-0.25, -0.2) is 4.79 Å². The van der Waals surface area contributed by atoms with Gasteiger partial charge in [0, 0.05) is 22.7 Å². The maximum atomic E-state index is 12.0. The third-order valence-corrected chi connectivity index (χ3v) is 4.22. The summed E-state index contributed by atoms with van der Waals surface area (Å²) in [6.45, 7) is 2.04. The number of amides is 1. The first kappa shape index (κ1) is 15.8. The van der Waals surface area contributed by atoms with Gasteiger partial charge in [0.05, 0.1) is 4.88 Å². The summed E-state index contributed by atoms with van der Waals surface area (Å²) in [6, 6.07) is 3.63. The number of carboxylic acid groups (broad SMARTS) is 1. The average molecular weight is 299 g/mol. The number of aliphatic carboxylic acids is 1. The molecular weight excluding hydrogens is 282 g/mol. The van der Waals surface area contributed by atoms with Gasteiger partial charge in [0.1, 0.15) is 0 Å². The minimum Gasteiger partial charge on any atom is -0.478 e. The van der Waals surface area contributed by atoms with Crippen molar-refractivity contribution in [1.29, 1.82) is 0 Å². The van der Waals surface area contributed by atoms with Crippen LogP contribution in [-0.2, 0) is 4.79 Å². The fourth-order valence-electron chi connectivity index (χ4n) is 1.44. The van der Waals surface area contributed by atoms with E-state index in [-0.39, 0.29) is 11.9 Å². The summed E-state index contributed by atoms with van der Waals surface area (Å²) in [6.07, 6.45) is 5.46. The van der Waals surface area contributed by atoms with Gasteiger partial charge in [0.2, 0.25) is 0 Å². The lowest BCUT2D eigenvalue weighted by Crippen LogP contribution is -2.35. The van der Waals surface area contributed by atoms with Crippen molar-refractivity contribution in [3.63, 3.8) is 0 Å². The fraction of sp³-hybridized carbons (Fsp3) is 0.385. The Bertz CT molecular complexity index is 468. The van der Waals surface area contributed by atoms with Crippen LogP contribution in [0.2, 0.25) is 0 Å². The molecule has 1 heterocycles. The van der Waals surface area contributed by atoms with E-state index in [1.165, 1.54) is 17.4 Å². The van der Waals surface area contributed by atoms with E-state index in [0.29, 0.717) is 4.88 Å². The lowest BCUT2D eigenvalue weighted by molar-refractivity contribution is -0.131. The molecule has 0 radical (unpaired) electrons. The van der Waals surface area contributed by atoms with E-state index in [2.05, 4.69) is 5.32 Å². The normalized spacial score (nSPS) is 12.5. The Labute approximate surface area is 120 Å². The Kier molecular flexibility index (Phi) is 6.66. The largest absolute Gasteiger partial charge is 0.478 e. The maximum Gasteiger partial charge on any atom is 0.328 e. The Morgan fingerprint density at radius 3 is 2.84 bits per heavy atom. The van der Waals surface area contributed by atoms with Crippen LogP contribution in [0.5, 0.6) is 0 Å². The molecule has 1 aromatic heterocycles. The van der Waals surface area contributed by atoms with Crippen LogP contribution < -0.4 is 5.32 Å². The fourth-order valence-corrected chi connectivity index (χ4v) is 2.97. The number of carboxylic acids is 1. The molecule has 0 saturated carbocycles. The van der Waals surface area contributed by atoms with Crippen LogP contribution in [0, 0.1) is 0 Å². The molecule has 0 aliphatic heterocycles. The summed E-state index contributed by atoms with van der Waals surface area (Å²) in [4.78, 5) is 23.8. The maximum absolute atomic E-state index is 12.0. The SMILES string of the molecule is CCC(CSC)NC(=O)c1ccc(/C=C/C(=O)O)s1. The van der Waals surface area contributed by atoms with Crippen molar-refractivity contribution in [3.05, 3.63) is 28.0 Å². The summed E-state index contributed by atoms with van der Waals surface area (Å²) >= 11 is 2.98. The first-order valence-electron chi connectivity index (χ1n) is 5.87. The van der Waals surface area contributed by atoms with E-state index in [0.717, 1.165) is 23.1 Å². The molecule has 104 valence electrons. The van der Waals surface area contributed by atoms with E-state index in [1.54, 1.807) is 23.9 Å². The number of thiophene rings is 1. The van der Waals surface area contributed by atoms with E-state index >= 15 is 0 Å². The highest BCUT2D eigenvalue weighted by molar-refractivity contribution is 7.98. The second-order valence-corrected chi connectivity index (χ2v) is 5.93. The highest BCUT2D eigenvalue weighted by Gasteiger charge is 2.13. The van der Waals surface area contributed by atoms with Crippen LogP contribution in [0.25, 0.3) is 6.08 Å². The monoisotopic (exact) mass is 299 g/mol. The van der Waals surface area contributed by atoms with Crippen LogP contribution >= 0.6 is 23.1 Å². The van der Waals surface area contributed by atoms with Gasteiger partial charge in [-0.2, -0.15) is 11.8 Å². The van der Waals surface area contributed by atoms with Gasteiger partial charge in [-0.3, -0.25) is 4.79 Å². The zero-order chi connectivity index (χ0) is 14.3. The molecule has 1 amide bonds.